The first-order valence-electron chi connectivity index (χ1n) is 9.46. The summed E-state index contributed by atoms with van der Waals surface area (Å²) < 4.78 is 5.80. The predicted molar refractivity (Wildman–Crippen MR) is 115 cm³/mol. The Labute approximate surface area is 169 Å². The van der Waals surface area contributed by atoms with Crippen LogP contribution in [-0.2, 0) is 12.0 Å². The molecule has 1 saturated carbocycles. The molecule has 6 heteroatoms. The first-order valence-corrected chi connectivity index (χ1v) is 9.46. The number of aromatic nitrogens is 1. The van der Waals surface area contributed by atoms with Crippen LogP contribution in [0.25, 0.3) is 0 Å². The van der Waals surface area contributed by atoms with Crippen molar-refractivity contribution in [2.75, 3.05) is 13.1 Å². The summed E-state index contributed by atoms with van der Waals surface area (Å²) in [6.07, 6.45) is 10.0. The van der Waals surface area contributed by atoms with Crippen LogP contribution in [-0.4, -0.2) is 24.0 Å². The maximum Gasteiger partial charge on any atom is 0.216 e. The number of nitrogens with one attached hydrogen (secondary N) is 2. The van der Waals surface area contributed by atoms with E-state index < -0.39 is 0 Å². The molecular formula is C19H35IN4O. The molecule has 0 saturated heterocycles. The van der Waals surface area contributed by atoms with Crippen molar-refractivity contribution in [1.82, 2.24) is 15.6 Å². The summed E-state index contributed by atoms with van der Waals surface area (Å²) in [6.45, 7) is 10.8. The first kappa shape index (κ1) is 22.3. The summed E-state index contributed by atoms with van der Waals surface area (Å²) in [6, 6.07) is 0. The van der Waals surface area contributed by atoms with Crippen molar-refractivity contribution in [2.24, 2.45) is 10.9 Å². The zero-order valence-electron chi connectivity index (χ0n) is 16.2. The maximum atomic E-state index is 5.80. The highest BCUT2D eigenvalue weighted by Crippen LogP contribution is 2.25. The van der Waals surface area contributed by atoms with Crippen molar-refractivity contribution in [1.29, 1.82) is 0 Å². The lowest BCUT2D eigenvalue weighted by molar-refractivity contribution is 0.339. The minimum Gasteiger partial charge on any atom is -0.443 e. The van der Waals surface area contributed by atoms with Gasteiger partial charge in [0.15, 0.2) is 5.96 Å². The van der Waals surface area contributed by atoms with Crippen LogP contribution in [0.4, 0.5) is 0 Å². The molecule has 1 fully saturated rings. The van der Waals surface area contributed by atoms with Crippen molar-refractivity contribution in [3.8, 4) is 0 Å². The standard InChI is InChI=1S/C19H34N4O.HI/c1-5-20-18(21-12-11-15-9-7-6-8-10-15)23-14-17-22-13-16(24-17)19(2,3)4;/h13,15H,5-12,14H2,1-4H3,(H2,20,21,23);1H. The molecule has 0 radical (unpaired) electrons. The Morgan fingerprint density at radius 2 is 1.96 bits per heavy atom. The Kier molecular flexibility index (Phi) is 9.82. The maximum absolute atomic E-state index is 5.80. The molecule has 0 bridgehead atoms. The predicted octanol–water partition coefficient (Wildman–Crippen LogP) is 4.62. The molecule has 0 aromatic carbocycles. The van der Waals surface area contributed by atoms with Crippen LogP contribution >= 0.6 is 24.0 Å². The lowest BCUT2D eigenvalue weighted by Crippen LogP contribution is -2.38. The number of guanidine groups is 1. The average molecular weight is 462 g/mol. The van der Waals surface area contributed by atoms with E-state index in [1.807, 2.05) is 6.20 Å². The number of nitrogens with zero attached hydrogens (tertiary/aromatic N) is 2. The van der Waals surface area contributed by atoms with Gasteiger partial charge in [-0.25, -0.2) is 9.98 Å². The molecule has 0 amide bonds. The zero-order chi connectivity index (χ0) is 17.4. The third kappa shape index (κ3) is 7.96. The molecule has 1 aromatic heterocycles. The molecule has 2 rings (SSSR count). The second kappa shape index (κ2) is 11.0. The summed E-state index contributed by atoms with van der Waals surface area (Å²) in [7, 11) is 0. The summed E-state index contributed by atoms with van der Waals surface area (Å²) in [5.41, 5.74) is -0.0162. The molecule has 1 aliphatic rings. The van der Waals surface area contributed by atoms with E-state index in [-0.39, 0.29) is 29.4 Å². The minimum absolute atomic E-state index is 0. The van der Waals surface area contributed by atoms with E-state index in [2.05, 4.69) is 48.3 Å². The molecule has 5 nitrogen and oxygen atoms in total. The smallest absolute Gasteiger partial charge is 0.216 e. The first-order chi connectivity index (χ1) is 11.5. The zero-order valence-corrected chi connectivity index (χ0v) is 18.6. The summed E-state index contributed by atoms with van der Waals surface area (Å²) >= 11 is 0. The largest absolute Gasteiger partial charge is 0.443 e. The molecule has 1 aromatic rings. The average Bonchev–Trinajstić information content (AvgIpc) is 3.03. The van der Waals surface area contributed by atoms with Gasteiger partial charge in [0.2, 0.25) is 5.89 Å². The molecule has 1 heterocycles. The number of hydrogen-bond acceptors (Lipinski definition) is 3. The Hall–Kier alpha value is -0.790. The van der Waals surface area contributed by atoms with Crippen molar-refractivity contribution < 1.29 is 4.42 Å². The van der Waals surface area contributed by atoms with Crippen LogP contribution < -0.4 is 10.6 Å². The molecular weight excluding hydrogens is 427 g/mol. The second-order valence-electron chi connectivity index (χ2n) is 7.78. The van der Waals surface area contributed by atoms with Gasteiger partial charge in [0.25, 0.3) is 0 Å². The molecule has 0 unspecified atom stereocenters. The van der Waals surface area contributed by atoms with E-state index in [4.69, 9.17) is 4.42 Å². The molecule has 0 spiro atoms. The number of rotatable bonds is 6. The highest BCUT2D eigenvalue weighted by atomic mass is 127. The Morgan fingerprint density at radius 3 is 2.56 bits per heavy atom. The van der Waals surface area contributed by atoms with E-state index in [1.165, 1.54) is 38.5 Å². The van der Waals surface area contributed by atoms with Gasteiger partial charge in [-0.05, 0) is 19.3 Å². The molecule has 25 heavy (non-hydrogen) atoms. The topological polar surface area (TPSA) is 62.5 Å². The minimum atomic E-state index is -0.0162. The lowest BCUT2D eigenvalue weighted by atomic mass is 9.87. The highest BCUT2D eigenvalue weighted by Gasteiger charge is 2.19. The molecule has 0 aliphatic heterocycles. The van der Waals surface area contributed by atoms with Gasteiger partial charge in [0.05, 0.1) is 6.20 Å². The second-order valence-corrected chi connectivity index (χ2v) is 7.78. The van der Waals surface area contributed by atoms with E-state index in [0.29, 0.717) is 12.4 Å². The van der Waals surface area contributed by atoms with Crippen molar-refractivity contribution >= 4 is 29.9 Å². The van der Waals surface area contributed by atoms with Gasteiger partial charge in [-0.1, -0.05) is 52.9 Å². The van der Waals surface area contributed by atoms with Crippen molar-refractivity contribution in [3.05, 3.63) is 17.8 Å². The lowest BCUT2D eigenvalue weighted by Gasteiger charge is -2.22. The van der Waals surface area contributed by atoms with Gasteiger partial charge in [0.1, 0.15) is 12.3 Å². The van der Waals surface area contributed by atoms with Gasteiger partial charge in [0, 0.05) is 18.5 Å². The van der Waals surface area contributed by atoms with E-state index in [0.717, 1.165) is 30.7 Å². The van der Waals surface area contributed by atoms with Gasteiger partial charge < -0.3 is 15.1 Å². The van der Waals surface area contributed by atoms with Crippen molar-refractivity contribution in [2.45, 2.75) is 78.2 Å². The van der Waals surface area contributed by atoms with Crippen LogP contribution in [0, 0.1) is 5.92 Å². The number of halogens is 1. The highest BCUT2D eigenvalue weighted by molar-refractivity contribution is 14.0. The third-order valence-electron chi connectivity index (χ3n) is 4.58. The van der Waals surface area contributed by atoms with Crippen LogP contribution in [0.2, 0.25) is 0 Å². The third-order valence-corrected chi connectivity index (χ3v) is 4.58. The number of oxazole rings is 1. The number of hydrogen-bond donors (Lipinski definition) is 2. The van der Waals surface area contributed by atoms with Crippen LogP contribution in [0.3, 0.4) is 0 Å². The Bertz CT molecular complexity index is 516. The van der Waals surface area contributed by atoms with E-state index >= 15 is 0 Å². The van der Waals surface area contributed by atoms with Crippen molar-refractivity contribution in [3.63, 3.8) is 0 Å². The van der Waals surface area contributed by atoms with E-state index in [1.54, 1.807) is 0 Å². The van der Waals surface area contributed by atoms with E-state index in [9.17, 15) is 0 Å². The summed E-state index contributed by atoms with van der Waals surface area (Å²) in [4.78, 5) is 8.94. The number of aliphatic imine (C=N–C) groups is 1. The Balaban J connectivity index is 0.00000312. The van der Waals surface area contributed by atoms with Gasteiger partial charge >= 0.3 is 0 Å². The van der Waals surface area contributed by atoms with Crippen LogP contribution in [0.1, 0.15) is 77.9 Å². The molecule has 144 valence electrons. The fourth-order valence-corrected chi connectivity index (χ4v) is 3.09. The van der Waals surface area contributed by atoms with Gasteiger partial charge in [-0.15, -0.1) is 24.0 Å². The normalized spacial score (nSPS) is 16.4. The summed E-state index contributed by atoms with van der Waals surface area (Å²) in [5, 5.41) is 6.74. The Morgan fingerprint density at radius 1 is 1.24 bits per heavy atom. The van der Waals surface area contributed by atoms with Crippen LogP contribution in [0.15, 0.2) is 15.6 Å². The fraction of sp³-hybridized carbons (Fsp3) is 0.789. The monoisotopic (exact) mass is 462 g/mol. The summed E-state index contributed by atoms with van der Waals surface area (Å²) in [5.74, 6) is 3.31. The fourth-order valence-electron chi connectivity index (χ4n) is 3.09. The van der Waals surface area contributed by atoms with Crippen LogP contribution in [0.5, 0.6) is 0 Å². The molecule has 2 N–H and O–H groups in total. The van der Waals surface area contributed by atoms with Gasteiger partial charge in [-0.3, -0.25) is 0 Å². The molecule has 0 atom stereocenters. The quantitative estimate of drug-likeness (QED) is 0.368. The van der Waals surface area contributed by atoms with Gasteiger partial charge in [-0.2, -0.15) is 0 Å². The molecule has 1 aliphatic carbocycles. The SMILES string of the molecule is CCNC(=NCc1ncc(C(C)(C)C)o1)NCCC1CCCCC1.I.